The fraction of sp³-hybridized carbons (Fsp3) is 0.375. The lowest BCUT2D eigenvalue weighted by Crippen LogP contribution is -2.22. The van der Waals surface area contributed by atoms with Crippen LogP contribution in [0.1, 0.15) is 150 Å². The zero-order chi connectivity index (χ0) is 34.9. The molecule has 2 aliphatic carbocycles. The Balaban J connectivity index is 1.82. The molecule has 4 aromatic rings. The average Bonchev–Trinajstić information content (AvgIpc) is 3.44. The topological polar surface area (TPSA) is 0 Å². The second-order valence-corrected chi connectivity index (χ2v) is 16.8. The Morgan fingerprint density at radius 3 is 1.79 bits per heavy atom. The molecule has 0 atom stereocenters. The zero-order valence-electron chi connectivity index (χ0n) is 31.5. The number of hydrogen-bond acceptors (Lipinski definition) is 0. The van der Waals surface area contributed by atoms with E-state index in [4.69, 9.17) is 0 Å². The summed E-state index contributed by atoms with van der Waals surface area (Å²) in [6, 6.07) is 24.1. The summed E-state index contributed by atoms with van der Waals surface area (Å²) in [5, 5.41) is 2.83. The van der Waals surface area contributed by atoms with Crippen LogP contribution >= 0.6 is 0 Å². The molecule has 48 heavy (non-hydrogen) atoms. The van der Waals surface area contributed by atoms with Gasteiger partial charge in [0, 0.05) is 5.41 Å². The molecule has 0 saturated heterocycles. The van der Waals surface area contributed by atoms with Crippen molar-refractivity contribution in [2.45, 2.75) is 112 Å². The maximum absolute atomic E-state index is 4.12. The van der Waals surface area contributed by atoms with Crippen LogP contribution < -0.4 is 0 Å². The molecule has 0 saturated carbocycles. The highest BCUT2D eigenvalue weighted by atomic mass is 14.5. The molecule has 0 N–H and O–H groups in total. The van der Waals surface area contributed by atoms with E-state index >= 15 is 0 Å². The van der Waals surface area contributed by atoms with Crippen LogP contribution in [0.2, 0.25) is 0 Å². The summed E-state index contributed by atoms with van der Waals surface area (Å²) in [5.41, 5.74) is 19.7. The van der Waals surface area contributed by atoms with Crippen molar-refractivity contribution in [1.29, 1.82) is 0 Å². The average molecular weight is 633 g/mol. The molecule has 0 spiro atoms. The molecule has 6 rings (SSSR count). The summed E-state index contributed by atoms with van der Waals surface area (Å²) in [6.07, 6.45) is 5.84. The minimum atomic E-state index is -0.242. The highest BCUT2D eigenvalue weighted by Crippen LogP contribution is 2.67. The molecule has 0 radical (unpaired) electrons. The van der Waals surface area contributed by atoms with Crippen LogP contribution in [-0.2, 0) is 18.3 Å². The third-order valence-corrected chi connectivity index (χ3v) is 10.9. The van der Waals surface area contributed by atoms with Gasteiger partial charge in [0.15, 0.2) is 0 Å². The van der Waals surface area contributed by atoms with Crippen molar-refractivity contribution in [1.82, 2.24) is 0 Å². The predicted octanol–water partition coefficient (Wildman–Crippen LogP) is 13.8. The van der Waals surface area contributed by atoms with Crippen molar-refractivity contribution in [3.8, 4) is 0 Å². The van der Waals surface area contributed by atoms with Crippen molar-refractivity contribution < 1.29 is 0 Å². The van der Waals surface area contributed by atoms with Gasteiger partial charge in [0.2, 0.25) is 0 Å². The first-order valence-corrected chi connectivity index (χ1v) is 18.2. The van der Waals surface area contributed by atoms with Crippen LogP contribution in [0.3, 0.4) is 0 Å². The van der Waals surface area contributed by atoms with Crippen LogP contribution in [-0.4, -0.2) is 0 Å². The van der Waals surface area contributed by atoms with E-state index in [0.717, 1.165) is 12.8 Å². The van der Waals surface area contributed by atoms with Crippen molar-refractivity contribution in [3.05, 3.63) is 142 Å². The third-order valence-electron chi connectivity index (χ3n) is 10.9. The van der Waals surface area contributed by atoms with Crippen LogP contribution in [0.5, 0.6) is 0 Å². The molecule has 0 aromatic heterocycles. The smallest absolute Gasteiger partial charge is 0.0171 e. The molecule has 0 amide bonds. The van der Waals surface area contributed by atoms with Gasteiger partial charge in [-0.25, -0.2) is 0 Å². The molecular weight excluding hydrogens is 577 g/mol. The quantitative estimate of drug-likeness (QED) is 0.161. The van der Waals surface area contributed by atoms with Gasteiger partial charge in [0.1, 0.15) is 0 Å². The largest absolute Gasteiger partial charge is 0.103 e. The van der Waals surface area contributed by atoms with Crippen molar-refractivity contribution in [2.24, 2.45) is 5.41 Å². The van der Waals surface area contributed by atoms with Gasteiger partial charge >= 0.3 is 0 Å². The molecular formula is C48H56. The van der Waals surface area contributed by atoms with E-state index in [2.05, 4.69) is 156 Å². The number of rotatable bonds is 9. The second-order valence-electron chi connectivity index (χ2n) is 16.8. The first-order valence-electron chi connectivity index (χ1n) is 18.2. The molecule has 0 bridgehead atoms. The Morgan fingerprint density at radius 1 is 0.625 bits per heavy atom. The lowest BCUT2D eigenvalue weighted by Gasteiger charge is -2.36. The number of benzene rings is 4. The van der Waals surface area contributed by atoms with Crippen molar-refractivity contribution in [3.63, 3.8) is 0 Å². The van der Waals surface area contributed by atoms with E-state index in [1.807, 2.05) is 6.08 Å². The molecule has 0 nitrogen and oxygen atoms in total. The zero-order valence-corrected chi connectivity index (χ0v) is 31.5. The van der Waals surface area contributed by atoms with Crippen LogP contribution in [0.25, 0.3) is 33.1 Å². The fourth-order valence-corrected chi connectivity index (χ4v) is 8.75. The van der Waals surface area contributed by atoms with Gasteiger partial charge in [-0.2, -0.15) is 0 Å². The van der Waals surface area contributed by atoms with E-state index < -0.39 is 0 Å². The molecule has 2 aliphatic rings. The maximum Gasteiger partial charge on any atom is 0.0171 e. The molecule has 0 fully saturated rings. The first-order chi connectivity index (χ1) is 22.6. The van der Waals surface area contributed by atoms with E-state index in [0.29, 0.717) is 17.8 Å². The minimum Gasteiger partial charge on any atom is -0.103 e. The Kier molecular flexibility index (Phi) is 8.64. The minimum absolute atomic E-state index is 0.0413. The van der Waals surface area contributed by atoms with Crippen LogP contribution in [0.4, 0.5) is 0 Å². The standard InChI is InChI=1S/C48H56/c1-14-17-31-21-22-35(38(25-31)29(5)6)45-43-37-24-23-33(28(3)4)34-19-16-20-36(41(34)37)44(43)46(48(45,12)13)42-39(30(7)8)26-32(18-15-2)27-40(42)47(9,10)11/h14-16,19-30H,1-2,17-18H2,3-13H3. The van der Waals surface area contributed by atoms with Gasteiger partial charge in [-0.15, -0.1) is 13.2 Å². The summed E-state index contributed by atoms with van der Waals surface area (Å²) >= 11 is 0. The Hall–Kier alpha value is -3.90. The van der Waals surface area contributed by atoms with Gasteiger partial charge in [-0.1, -0.05) is 149 Å². The van der Waals surface area contributed by atoms with Gasteiger partial charge < -0.3 is 0 Å². The lowest BCUT2D eigenvalue weighted by atomic mass is 9.67. The first kappa shape index (κ1) is 34.0. The summed E-state index contributed by atoms with van der Waals surface area (Å²) < 4.78 is 0. The van der Waals surface area contributed by atoms with Gasteiger partial charge in [0.25, 0.3) is 0 Å². The Morgan fingerprint density at radius 2 is 1.19 bits per heavy atom. The van der Waals surface area contributed by atoms with Crippen LogP contribution in [0.15, 0.2) is 86.0 Å². The summed E-state index contributed by atoms with van der Waals surface area (Å²) in [7, 11) is 0. The van der Waals surface area contributed by atoms with E-state index in [1.165, 1.54) is 88.7 Å². The van der Waals surface area contributed by atoms with E-state index in [1.54, 1.807) is 0 Å². The lowest BCUT2D eigenvalue weighted by molar-refractivity contribution is 0.581. The number of allylic oxidation sites excluding steroid dienone is 6. The van der Waals surface area contributed by atoms with Gasteiger partial charge in [-0.3, -0.25) is 0 Å². The highest BCUT2D eigenvalue weighted by Gasteiger charge is 2.47. The summed E-state index contributed by atoms with van der Waals surface area (Å²) in [4.78, 5) is 0. The molecule has 0 heterocycles. The SMILES string of the molecule is C=CCc1ccc(C2=C3C(=C(c4c(C(C)C)cc(CC=C)cc4C(C)(C)C)C2(C)C)c2cccc4c(C(C)C)ccc3c24)c(C(C)C)c1. The summed E-state index contributed by atoms with van der Waals surface area (Å²) in [5.74, 6) is 1.22. The van der Waals surface area contributed by atoms with Crippen LogP contribution in [0, 0.1) is 5.41 Å². The molecule has 0 heteroatoms. The van der Waals surface area contributed by atoms with Crippen molar-refractivity contribution in [2.75, 3.05) is 0 Å². The highest BCUT2D eigenvalue weighted by molar-refractivity contribution is 6.37. The maximum atomic E-state index is 4.12. The Labute approximate surface area is 291 Å². The van der Waals surface area contributed by atoms with Gasteiger partial charge in [-0.05, 0) is 125 Å². The monoisotopic (exact) mass is 632 g/mol. The number of hydrogen-bond donors (Lipinski definition) is 0. The summed E-state index contributed by atoms with van der Waals surface area (Å²) in [6.45, 7) is 34.5. The van der Waals surface area contributed by atoms with E-state index in [-0.39, 0.29) is 10.8 Å². The van der Waals surface area contributed by atoms with E-state index in [9.17, 15) is 0 Å². The molecule has 0 aliphatic heterocycles. The Bertz CT molecular complexity index is 2020. The van der Waals surface area contributed by atoms with Crippen molar-refractivity contribution >= 4 is 33.1 Å². The fourth-order valence-electron chi connectivity index (χ4n) is 8.75. The van der Waals surface area contributed by atoms with Gasteiger partial charge in [0.05, 0.1) is 0 Å². The second kappa shape index (κ2) is 12.2. The molecule has 4 aromatic carbocycles. The number of fused-ring (bicyclic) bond motifs is 3. The predicted molar refractivity (Wildman–Crippen MR) is 213 cm³/mol. The third kappa shape index (κ3) is 5.28. The normalized spacial score (nSPS) is 15.5. The molecule has 248 valence electrons. The molecule has 0 unspecified atom stereocenters.